The highest BCUT2D eigenvalue weighted by atomic mass is 35.5. The van der Waals surface area contributed by atoms with E-state index >= 15 is 0 Å². The van der Waals surface area contributed by atoms with Crippen molar-refractivity contribution in [2.45, 2.75) is 38.7 Å². The maximum Gasteiger partial charge on any atom is 0.318 e. The van der Waals surface area contributed by atoms with E-state index in [2.05, 4.69) is 10.2 Å². The summed E-state index contributed by atoms with van der Waals surface area (Å²) in [5, 5.41) is 17.2. The van der Waals surface area contributed by atoms with Gasteiger partial charge in [-0.2, -0.15) is 0 Å². The van der Waals surface area contributed by atoms with Crippen LogP contribution in [0.25, 0.3) is 0 Å². The third-order valence-electron chi connectivity index (χ3n) is 2.00. The lowest BCUT2D eigenvalue weighted by molar-refractivity contribution is 0.0863. The number of aliphatic hydroxyl groups is 1. The molecule has 0 aromatic carbocycles. The van der Waals surface area contributed by atoms with Crippen molar-refractivity contribution in [1.29, 1.82) is 0 Å². The highest BCUT2D eigenvalue weighted by Crippen LogP contribution is 2.22. The lowest BCUT2D eigenvalue weighted by Crippen LogP contribution is -2.38. The van der Waals surface area contributed by atoms with Crippen LogP contribution in [0.3, 0.4) is 0 Å². The summed E-state index contributed by atoms with van der Waals surface area (Å²) < 4.78 is 5.40. The molecule has 0 radical (unpaired) electrons. The van der Waals surface area contributed by atoms with Crippen LogP contribution in [0.15, 0.2) is 4.42 Å². The third-order valence-corrected chi connectivity index (χ3v) is 2.19. The Bertz CT molecular complexity index is 333. The first-order valence-electron chi connectivity index (χ1n) is 5.28. The molecule has 1 atom stereocenters. The zero-order chi connectivity index (χ0) is 12.3. The van der Waals surface area contributed by atoms with Crippen LogP contribution < -0.4 is 4.90 Å². The molecule has 0 saturated carbocycles. The lowest BCUT2D eigenvalue weighted by atomic mass is 10.1. The largest absolute Gasteiger partial charge is 0.406 e. The standard InChI is InChI=1S/C10H18ClN3O2/c1-5-14(6-10(3,4)15)9-13-12-8(16-9)7(2)11/h7,15H,5-6H2,1-4H3. The zero-order valence-electron chi connectivity index (χ0n) is 10.1. The molecular weight excluding hydrogens is 230 g/mol. The molecule has 0 saturated heterocycles. The summed E-state index contributed by atoms with van der Waals surface area (Å²) in [6.07, 6.45) is 0. The molecule has 0 aliphatic heterocycles. The van der Waals surface area contributed by atoms with Crippen molar-refractivity contribution in [3.8, 4) is 0 Å². The molecule has 1 rings (SSSR count). The molecule has 0 amide bonds. The van der Waals surface area contributed by atoms with Gasteiger partial charge in [0.05, 0.1) is 12.1 Å². The van der Waals surface area contributed by atoms with Crippen molar-refractivity contribution in [3.05, 3.63) is 5.89 Å². The first kappa shape index (κ1) is 13.3. The average Bonchev–Trinajstić information content (AvgIpc) is 2.61. The Kier molecular flexibility index (Phi) is 4.15. The fourth-order valence-corrected chi connectivity index (χ4v) is 1.38. The van der Waals surface area contributed by atoms with Crippen LogP contribution in [0.5, 0.6) is 0 Å². The van der Waals surface area contributed by atoms with Crippen LogP contribution in [0.1, 0.15) is 39.0 Å². The predicted molar refractivity (Wildman–Crippen MR) is 62.8 cm³/mol. The molecule has 0 aliphatic carbocycles. The molecule has 0 aliphatic rings. The lowest BCUT2D eigenvalue weighted by Gasteiger charge is -2.26. The van der Waals surface area contributed by atoms with E-state index in [9.17, 15) is 5.11 Å². The number of hydrogen-bond acceptors (Lipinski definition) is 5. The molecule has 1 N–H and O–H groups in total. The summed E-state index contributed by atoms with van der Waals surface area (Å²) in [5.41, 5.74) is -0.808. The van der Waals surface area contributed by atoms with Crippen molar-refractivity contribution in [2.75, 3.05) is 18.0 Å². The second kappa shape index (κ2) is 5.01. The Hall–Kier alpha value is -0.810. The number of aromatic nitrogens is 2. The summed E-state index contributed by atoms with van der Waals surface area (Å²) in [4.78, 5) is 1.82. The SMILES string of the molecule is CCN(CC(C)(C)O)c1nnc(C(C)Cl)o1. The van der Waals surface area contributed by atoms with E-state index in [0.717, 1.165) is 0 Å². The number of halogens is 1. The Morgan fingerprint density at radius 3 is 2.50 bits per heavy atom. The van der Waals surface area contributed by atoms with E-state index in [4.69, 9.17) is 16.0 Å². The highest BCUT2D eigenvalue weighted by molar-refractivity contribution is 6.20. The zero-order valence-corrected chi connectivity index (χ0v) is 10.8. The van der Waals surface area contributed by atoms with Gasteiger partial charge in [-0.05, 0) is 27.7 Å². The Morgan fingerprint density at radius 2 is 2.12 bits per heavy atom. The second-order valence-corrected chi connectivity index (χ2v) is 5.02. The van der Waals surface area contributed by atoms with Crippen molar-refractivity contribution in [3.63, 3.8) is 0 Å². The van der Waals surface area contributed by atoms with E-state index in [-0.39, 0.29) is 5.38 Å². The first-order valence-corrected chi connectivity index (χ1v) is 5.72. The van der Waals surface area contributed by atoms with Gasteiger partial charge in [0.15, 0.2) is 0 Å². The molecule has 6 heteroatoms. The number of rotatable bonds is 5. The summed E-state index contributed by atoms with van der Waals surface area (Å²) in [6.45, 7) is 8.31. The van der Waals surface area contributed by atoms with Crippen LogP contribution >= 0.6 is 11.6 Å². The topological polar surface area (TPSA) is 62.4 Å². The van der Waals surface area contributed by atoms with Gasteiger partial charge in [0.25, 0.3) is 0 Å². The maximum atomic E-state index is 9.74. The number of alkyl halides is 1. The minimum Gasteiger partial charge on any atom is -0.406 e. The van der Waals surface area contributed by atoms with E-state index in [1.54, 1.807) is 20.8 Å². The van der Waals surface area contributed by atoms with E-state index in [1.165, 1.54) is 0 Å². The molecule has 0 fully saturated rings. The van der Waals surface area contributed by atoms with Gasteiger partial charge < -0.3 is 14.4 Å². The second-order valence-electron chi connectivity index (χ2n) is 4.37. The normalized spacial score (nSPS) is 13.9. The van der Waals surface area contributed by atoms with Gasteiger partial charge in [0, 0.05) is 6.54 Å². The van der Waals surface area contributed by atoms with Crippen LogP contribution in [-0.2, 0) is 0 Å². The maximum absolute atomic E-state index is 9.74. The van der Waals surface area contributed by atoms with Gasteiger partial charge in [-0.15, -0.1) is 16.7 Å². The molecule has 1 heterocycles. The molecule has 92 valence electrons. The van der Waals surface area contributed by atoms with E-state index in [0.29, 0.717) is 25.0 Å². The number of hydrogen-bond donors (Lipinski definition) is 1. The molecule has 0 bridgehead atoms. The Morgan fingerprint density at radius 1 is 1.50 bits per heavy atom. The Balaban J connectivity index is 2.79. The molecular formula is C10H18ClN3O2. The monoisotopic (exact) mass is 247 g/mol. The molecule has 1 aromatic heterocycles. The van der Waals surface area contributed by atoms with Crippen molar-refractivity contribution < 1.29 is 9.52 Å². The van der Waals surface area contributed by atoms with Crippen LogP contribution in [0, 0.1) is 0 Å². The van der Waals surface area contributed by atoms with Crippen LogP contribution in [-0.4, -0.2) is 34.0 Å². The molecule has 5 nitrogen and oxygen atoms in total. The fourth-order valence-electron chi connectivity index (χ4n) is 1.30. The predicted octanol–water partition coefficient (Wildman–Crippen LogP) is 1.97. The smallest absolute Gasteiger partial charge is 0.318 e. The average molecular weight is 248 g/mol. The number of likely N-dealkylation sites (N-methyl/N-ethyl adjacent to an activating group) is 1. The van der Waals surface area contributed by atoms with Gasteiger partial charge in [0.2, 0.25) is 5.89 Å². The first-order chi connectivity index (χ1) is 7.33. The summed E-state index contributed by atoms with van der Waals surface area (Å²) in [5.74, 6) is 0.394. The number of anilines is 1. The molecule has 16 heavy (non-hydrogen) atoms. The molecule has 0 spiro atoms. The third kappa shape index (κ3) is 3.64. The summed E-state index contributed by atoms with van der Waals surface area (Å²) >= 11 is 5.83. The summed E-state index contributed by atoms with van der Waals surface area (Å²) in [7, 11) is 0. The van der Waals surface area contributed by atoms with Crippen LogP contribution in [0.2, 0.25) is 0 Å². The number of nitrogens with zero attached hydrogens (tertiary/aromatic N) is 3. The van der Waals surface area contributed by atoms with Crippen molar-refractivity contribution >= 4 is 17.6 Å². The van der Waals surface area contributed by atoms with E-state index < -0.39 is 5.60 Å². The molecule has 1 aromatic rings. The summed E-state index contributed by atoms with van der Waals surface area (Å²) in [6, 6.07) is 0.395. The van der Waals surface area contributed by atoms with Crippen molar-refractivity contribution in [2.24, 2.45) is 0 Å². The van der Waals surface area contributed by atoms with Crippen LogP contribution in [0.4, 0.5) is 6.01 Å². The van der Waals surface area contributed by atoms with Gasteiger partial charge >= 0.3 is 6.01 Å². The minimum absolute atomic E-state index is 0.304. The van der Waals surface area contributed by atoms with Gasteiger partial charge in [-0.3, -0.25) is 0 Å². The van der Waals surface area contributed by atoms with Crippen molar-refractivity contribution in [1.82, 2.24) is 10.2 Å². The van der Waals surface area contributed by atoms with Gasteiger partial charge in [0.1, 0.15) is 5.38 Å². The highest BCUT2D eigenvalue weighted by Gasteiger charge is 2.22. The Labute approximate surface area is 100 Å². The quantitative estimate of drug-likeness (QED) is 0.806. The van der Waals surface area contributed by atoms with Gasteiger partial charge in [-0.25, -0.2) is 0 Å². The van der Waals surface area contributed by atoms with Gasteiger partial charge in [-0.1, -0.05) is 5.10 Å². The molecule has 1 unspecified atom stereocenters. The fraction of sp³-hybridized carbons (Fsp3) is 0.800. The minimum atomic E-state index is -0.808. The van der Waals surface area contributed by atoms with E-state index in [1.807, 2.05) is 11.8 Å².